The van der Waals surface area contributed by atoms with E-state index in [1.54, 1.807) is 6.20 Å². The van der Waals surface area contributed by atoms with Crippen LogP contribution in [0.1, 0.15) is 16.6 Å². The van der Waals surface area contributed by atoms with Crippen LogP contribution in [0.25, 0.3) is 0 Å². The zero-order valence-electron chi connectivity index (χ0n) is 10.5. The third kappa shape index (κ3) is 3.45. The van der Waals surface area contributed by atoms with Crippen molar-refractivity contribution in [3.63, 3.8) is 0 Å². The first-order valence-corrected chi connectivity index (χ1v) is 6.78. The van der Waals surface area contributed by atoms with Crippen molar-refractivity contribution < 1.29 is 9.53 Å². The van der Waals surface area contributed by atoms with E-state index in [0.717, 1.165) is 0 Å². The Morgan fingerprint density at radius 3 is 3.11 bits per heavy atom. The van der Waals surface area contributed by atoms with E-state index in [2.05, 4.69) is 20.1 Å². The molecular formula is C11H13ClN4O2S. The van der Waals surface area contributed by atoms with Gasteiger partial charge in [-0.25, -0.2) is 9.78 Å². The van der Waals surface area contributed by atoms with Crippen molar-refractivity contribution in [3.8, 4) is 0 Å². The van der Waals surface area contributed by atoms with Crippen LogP contribution in [-0.2, 0) is 11.3 Å². The summed E-state index contributed by atoms with van der Waals surface area (Å²) < 4.78 is 6.44. The van der Waals surface area contributed by atoms with Crippen LogP contribution >= 0.6 is 22.9 Å². The van der Waals surface area contributed by atoms with Crippen molar-refractivity contribution in [2.45, 2.75) is 19.5 Å². The first-order chi connectivity index (χ1) is 9.10. The van der Waals surface area contributed by atoms with Crippen LogP contribution < -0.4 is 5.32 Å². The normalized spacial score (nSPS) is 12.2. The molecule has 0 amide bonds. The van der Waals surface area contributed by atoms with Crippen molar-refractivity contribution in [2.24, 2.45) is 0 Å². The molecule has 0 aliphatic heterocycles. The number of rotatable bonds is 5. The Kier molecular flexibility index (Phi) is 4.39. The summed E-state index contributed by atoms with van der Waals surface area (Å²) in [5.74, 6) is -0.477. The lowest BCUT2D eigenvalue weighted by Crippen LogP contribution is -2.22. The average molecular weight is 301 g/mol. The molecule has 19 heavy (non-hydrogen) atoms. The number of carbonyl (C=O) groups excluding carboxylic acids is 1. The number of thiazole rings is 1. The fraction of sp³-hybridized carbons (Fsp3) is 0.364. The number of esters is 1. The average Bonchev–Trinajstić information content (AvgIpc) is 2.98. The molecule has 1 N–H and O–H groups in total. The Balaban J connectivity index is 2.01. The highest BCUT2D eigenvalue weighted by molar-refractivity contribution is 7.18. The van der Waals surface area contributed by atoms with Gasteiger partial charge in [-0.05, 0) is 13.0 Å². The lowest BCUT2D eigenvalue weighted by Gasteiger charge is -2.12. The standard InChI is InChI=1S/C11H13ClN4O2S/c1-7(6-16-5-3-4-13-16)14-11-15-9(12)8(19-11)10(17)18-2/h3-5,7H,6H2,1-2H3,(H,14,15). The van der Waals surface area contributed by atoms with Gasteiger partial charge < -0.3 is 10.1 Å². The van der Waals surface area contributed by atoms with Crippen LogP contribution in [0.2, 0.25) is 5.15 Å². The maximum Gasteiger partial charge on any atom is 0.351 e. The first-order valence-electron chi connectivity index (χ1n) is 5.58. The number of carbonyl (C=O) groups is 1. The maximum absolute atomic E-state index is 11.4. The smallest absolute Gasteiger partial charge is 0.351 e. The molecule has 1 atom stereocenters. The van der Waals surface area contributed by atoms with Crippen LogP contribution in [0.15, 0.2) is 18.5 Å². The number of halogens is 1. The number of ether oxygens (including phenoxy) is 1. The van der Waals surface area contributed by atoms with E-state index in [9.17, 15) is 4.79 Å². The Labute approximate surface area is 119 Å². The van der Waals surface area contributed by atoms with Crippen LogP contribution in [-0.4, -0.2) is 33.9 Å². The minimum atomic E-state index is -0.477. The Hall–Kier alpha value is -1.60. The van der Waals surface area contributed by atoms with Gasteiger partial charge in [-0.15, -0.1) is 0 Å². The van der Waals surface area contributed by atoms with E-state index in [1.165, 1.54) is 18.4 Å². The van der Waals surface area contributed by atoms with Gasteiger partial charge >= 0.3 is 5.97 Å². The van der Waals surface area contributed by atoms with E-state index in [4.69, 9.17) is 11.6 Å². The summed E-state index contributed by atoms with van der Waals surface area (Å²) in [5, 5.41) is 8.04. The van der Waals surface area contributed by atoms with Gasteiger partial charge in [0.25, 0.3) is 0 Å². The third-order valence-electron chi connectivity index (χ3n) is 2.35. The van der Waals surface area contributed by atoms with Crippen molar-refractivity contribution in [1.29, 1.82) is 0 Å². The molecule has 0 fully saturated rings. The summed E-state index contributed by atoms with van der Waals surface area (Å²) in [6, 6.07) is 1.97. The van der Waals surface area contributed by atoms with Crippen molar-refractivity contribution >= 4 is 34.0 Å². The minimum Gasteiger partial charge on any atom is -0.465 e. The molecule has 0 bridgehead atoms. The quantitative estimate of drug-likeness (QED) is 0.858. The predicted molar refractivity (Wildman–Crippen MR) is 73.8 cm³/mol. The van der Waals surface area contributed by atoms with Crippen LogP contribution in [0, 0.1) is 0 Å². The fourth-order valence-corrected chi connectivity index (χ4v) is 2.74. The Bertz CT molecular complexity index is 555. The van der Waals surface area contributed by atoms with Crippen molar-refractivity contribution in [1.82, 2.24) is 14.8 Å². The van der Waals surface area contributed by atoms with Gasteiger partial charge in [0.05, 0.1) is 13.7 Å². The number of hydrogen-bond acceptors (Lipinski definition) is 6. The highest BCUT2D eigenvalue weighted by atomic mass is 35.5. The molecular weight excluding hydrogens is 288 g/mol. The largest absolute Gasteiger partial charge is 0.465 e. The van der Waals surface area contributed by atoms with Gasteiger partial charge in [-0.3, -0.25) is 4.68 Å². The summed E-state index contributed by atoms with van der Waals surface area (Å²) >= 11 is 7.06. The van der Waals surface area contributed by atoms with E-state index in [-0.39, 0.29) is 11.2 Å². The Morgan fingerprint density at radius 2 is 2.47 bits per heavy atom. The second-order valence-electron chi connectivity index (χ2n) is 3.90. The Morgan fingerprint density at radius 1 is 1.68 bits per heavy atom. The molecule has 0 aliphatic rings. The number of anilines is 1. The third-order valence-corrected chi connectivity index (χ3v) is 3.70. The summed E-state index contributed by atoms with van der Waals surface area (Å²) in [6.07, 6.45) is 3.61. The van der Waals surface area contributed by atoms with E-state index in [1.807, 2.05) is 23.9 Å². The molecule has 2 heterocycles. The lowest BCUT2D eigenvalue weighted by molar-refractivity contribution is 0.0606. The molecule has 0 radical (unpaired) electrons. The maximum atomic E-state index is 11.4. The second kappa shape index (κ2) is 6.03. The zero-order chi connectivity index (χ0) is 13.8. The molecule has 2 aromatic heterocycles. The van der Waals surface area contributed by atoms with Crippen LogP contribution in [0.4, 0.5) is 5.13 Å². The zero-order valence-corrected chi connectivity index (χ0v) is 12.0. The van der Waals surface area contributed by atoms with Crippen molar-refractivity contribution in [3.05, 3.63) is 28.5 Å². The number of aromatic nitrogens is 3. The summed E-state index contributed by atoms with van der Waals surface area (Å²) in [5.41, 5.74) is 0. The van der Waals surface area contributed by atoms with Gasteiger partial charge in [-0.2, -0.15) is 5.10 Å². The highest BCUT2D eigenvalue weighted by Gasteiger charge is 2.18. The monoisotopic (exact) mass is 300 g/mol. The molecule has 8 heteroatoms. The molecule has 6 nitrogen and oxygen atoms in total. The van der Waals surface area contributed by atoms with E-state index in [0.29, 0.717) is 16.6 Å². The molecule has 102 valence electrons. The molecule has 0 spiro atoms. The fourth-order valence-electron chi connectivity index (χ4n) is 1.53. The molecule has 2 rings (SSSR count). The highest BCUT2D eigenvalue weighted by Crippen LogP contribution is 2.27. The molecule has 0 saturated heterocycles. The molecule has 0 saturated carbocycles. The molecule has 1 unspecified atom stereocenters. The van der Waals surface area contributed by atoms with Gasteiger partial charge in [-0.1, -0.05) is 22.9 Å². The number of methoxy groups -OCH3 is 1. The number of nitrogens with zero attached hydrogens (tertiary/aromatic N) is 3. The van der Waals surface area contributed by atoms with Gasteiger partial charge in [0.15, 0.2) is 15.2 Å². The van der Waals surface area contributed by atoms with Crippen molar-refractivity contribution in [2.75, 3.05) is 12.4 Å². The topological polar surface area (TPSA) is 69.0 Å². The SMILES string of the molecule is COC(=O)c1sc(NC(C)Cn2cccn2)nc1Cl. The van der Waals surface area contributed by atoms with E-state index < -0.39 is 5.97 Å². The minimum absolute atomic E-state index is 0.104. The summed E-state index contributed by atoms with van der Waals surface area (Å²) in [6.45, 7) is 2.69. The summed E-state index contributed by atoms with van der Waals surface area (Å²) in [4.78, 5) is 15.8. The van der Waals surface area contributed by atoms with Gasteiger partial charge in [0.2, 0.25) is 0 Å². The van der Waals surface area contributed by atoms with Crippen LogP contribution in [0.5, 0.6) is 0 Å². The summed E-state index contributed by atoms with van der Waals surface area (Å²) in [7, 11) is 1.31. The first kappa shape index (κ1) is 13.8. The lowest BCUT2D eigenvalue weighted by atomic mass is 10.3. The molecule has 0 aromatic carbocycles. The number of nitrogens with one attached hydrogen (secondary N) is 1. The van der Waals surface area contributed by atoms with Gasteiger partial charge in [0.1, 0.15) is 0 Å². The van der Waals surface area contributed by atoms with E-state index >= 15 is 0 Å². The molecule has 0 aliphatic carbocycles. The number of hydrogen-bond donors (Lipinski definition) is 1. The predicted octanol–water partition coefficient (Wildman–Crippen LogP) is 2.28. The van der Waals surface area contributed by atoms with Gasteiger partial charge in [0, 0.05) is 18.4 Å². The van der Waals surface area contributed by atoms with Crippen LogP contribution in [0.3, 0.4) is 0 Å². The molecule has 2 aromatic rings. The second-order valence-corrected chi connectivity index (χ2v) is 5.26.